The molecule has 0 aliphatic carbocycles. The van der Waals surface area contributed by atoms with Crippen LogP contribution in [0.2, 0.25) is 0 Å². The summed E-state index contributed by atoms with van der Waals surface area (Å²) in [7, 11) is 4.13. The number of hydrogen-bond donors (Lipinski definition) is 1. The lowest BCUT2D eigenvalue weighted by Crippen LogP contribution is -2.43. The maximum absolute atomic E-state index is 5.96. The molecule has 1 aromatic heterocycles. The molecule has 0 saturated heterocycles. The number of ether oxygens (including phenoxy) is 1. The van der Waals surface area contributed by atoms with Crippen molar-refractivity contribution in [1.29, 1.82) is 0 Å². The van der Waals surface area contributed by atoms with Crippen molar-refractivity contribution < 1.29 is 4.74 Å². The molecule has 1 aromatic rings. The van der Waals surface area contributed by atoms with Gasteiger partial charge in [0, 0.05) is 23.8 Å². The standard InChI is InChI=1S/C17H31N3O/c1-8-18-11-14-9-15(13(2)3)19-16(10-14)21-12-17(4,5)20(6)7/h9-10,13,18H,8,11-12H2,1-7H3. The van der Waals surface area contributed by atoms with Gasteiger partial charge in [-0.25, -0.2) is 4.98 Å². The summed E-state index contributed by atoms with van der Waals surface area (Å²) in [6.07, 6.45) is 0. The maximum Gasteiger partial charge on any atom is 0.213 e. The Balaban J connectivity index is 2.87. The summed E-state index contributed by atoms with van der Waals surface area (Å²) in [5, 5.41) is 3.36. The van der Waals surface area contributed by atoms with E-state index in [2.05, 4.69) is 70.0 Å². The molecule has 0 aliphatic heterocycles. The zero-order valence-corrected chi connectivity index (χ0v) is 14.7. The summed E-state index contributed by atoms with van der Waals surface area (Å²) >= 11 is 0. The molecular formula is C17H31N3O. The lowest BCUT2D eigenvalue weighted by molar-refractivity contribution is 0.111. The van der Waals surface area contributed by atoms with Gasteiger partial charge in [0.1, 0.15) is 6.61 Å². The predicted octanol–water partition coefficient (Wildman–Crippen LogP) is 3.03. The molecule has 0 aromatic carbocycles. The van der Waals surface area contributed by atoms with Crippen LogP contribution in [-0.2, 0) is 6.54 Å². The molecular weight excluding hydrogens is 262 g/mol. The molecule has 1 N–H and O–H groups in total. The molecule has 0 spiro atoms. The Morgan fingerprint density at radius 3 is 2.48 bits per heavy atom. The van der Waals surface area contributed by atoms with E-state index < -0.39 is 0 Å². The van der Waals surface area contributed by atoms with Gasteiger partial charge in [-0.1, -0.05) is 20.8 Å². The number of hydrogen-bond acceptors (Lipinski definition) is 4. The lowest BCUT2D eigenvalue weighted by atomic mass is 10.1. The summed E-state index contributed by atoms with van der Waals surface area (Å²) in [5.74, 6) is 1.12. The predicted molar refractivity (Wildman–Crippen MR) is 89.0 cm³/mol. The number of nitrogens with zero attached hydrogens (tertiary/aromatic N) is 2. The minimum Gasteiger partial charge on any atom is -0.476 e. The molecule has 0 unspecified atom stereocenters. The smallest absolute Gasteiger partial charge is 0.213 e. The highest BCUT2D eigenvalue weighted by Crippen LogP contribution is 2.20. The third-order valence-corrected chi connectivity index (χ3v) is 3.84. The Kier molecular flexibility index (Phi) is 6.62. The van der Waals surface area contributed by atoms with Crippen molar-refractivity contribution in [2.45, 2.75) is 52.6 Å². The Morgan fingerprint density at radius 1 is 1.29 bits per heavy atom. The fraction of sp³-hybridized carbons (Fsp3) is 0.706. The molecule has 0 atom stereocenters. The molecule has 21 heavy (non-hydrogen) atoms. The van der Waals surface area contributed by atoms with Gasteiger partial charge in [0.25, 0.3) is 0 Å². The summed E-state index contributed by atoms with van der Waals surface area (Å²) < 4.78 is 5.96. The van der Waals surface area contributed by atoms with Gasteiger partial charge in [0.2, 0.25) is 5.88 Å². The van der Waals surface area contributed by atoms with E-state index in [0.717, 1.165) is 24.7 Å². The summed E-state index contributed by atoms with van der Waals surface area (Å²) in [6.45, 7) is 13.2. The van der Waals surface area contributed by atoms with Gasteiger partial charge < -0.3 is 15.0 Å². The molecule has 120 valence electrons. The van der Waals surface area contributed by atoms with Crippen molar-refractivity contribution in [3.63, 3.8) is 0 Å². The molecule has 4 heteroatoms. The number of rotatable bonds is 8. The van der Waals surface area contributed by atoms with E-state index in [1.165, 1.54) is 5.56 Å². The van der Waals surface area contributed by atoms with Crippen LogP contribution >= 0.6 is 0 Å². The van der Waals surface area contributed by atoms with Crippen molar-refractivity contribution in [2.24, 2.45) is 0 Å². The highest BCUT2D eigenvalue weighted by atomic mass is 16.5. The molecule has 4 nitrogen and oxygen atoms in total. The Hall–Kier alpha value is -1.13. The first-order chi connectivity index (χ1) is 9.76. The Labute approximate surface area is 129 Å². The van der Waals surface area contributed by atoms with Crippen LogP contribution in [0.15, 0.2) is 12.1 Å². The van der Waals surface area contributed by atoms with Crippen LogP contribution in [0, 0.1) is 0 Å². The third kappa shape index (κ3) is 5.64. The first kappa shape index (κ1) is 17.9. The molecule has 0 saturated carbocycles. The number of pyridine rings is 1. The fourth-order valence-corrected chi connectivity index (χ4v) is 1.70. The van der Waals surface area contributed by atoms with Crippen LogP contribution in [0.4, 0.5) is 0 Å². The second kappa shape index (κ2) is 7.76. The normalized spacial score (nSPS) is 12.2. The Morgan fingerprint density at radius 2 is 1.95 bits per heavy atom. The van der Waals surface area contributed by atoms with Crippen LogP contribution in [-0.4, -0.2) is 42.7 Å². The van der Waals surface area contributed by atoms with Gasteiger partial charge in [0.05, 0.1) is 0 Å². The zero-order chi connectivity index (χ0) is 16.0. The molecule has 1 heterocycles. The van der Waals surface area contributed by atoms with Crippen molar-refractivity contribution in [3.05, 3.63) is 23.4 Å². The van der Waals surface area contributed by atoms with Gasteiger partial charge in [-0.2, -0.15) is 0 Å². The Bertz CT molecular complexity index is 442. The minimum atomic E-state index is -0.0165. The highest BCUT2D eigenvalue weighted by Gasteiger charge is 2.21. The number of likely N-dealkylation sites (N-methyl/N-ethyl adjacent to an activating group) is 1. The van der Waals surface area contributed by atoms with Gasteiger partial charge in [0.15, 0.2) is 0 Å². The van der Waals surface area contributed by atoms with Crippen LogP contribution < -0.4 is 10.1 Å². The highest BCUT2D eigenvalue weighted by molar-refractivity contribution is 5.26. The first-order valence-electron chi connectivity index (χ1n) is 7.78. The first-order valence-corrected chi connectivity index (χ1v) is 7.78. The quantitative estimate of drug-likeness (QED) is 0.799. The summed E-state index contributed by atoms with van der Waals surface area (Å²) in [4.78, 5) is 6.80. The van der Waals surface area contributed by atoms with E-state index in [4.69, 9.17) is 4.74 Å². The molecule has 0 radical (unpaired) electrons. The van der Waals surface area contributed by atoms with Crippen molar-refractivity contribution in [3.8, 4) is 5.88 Å². The molecule has 0 aliphatic rings. The van der Waals surface area contributed by atoms with Crippen molar-refractivity contribution in [1.82, 2.24) is 15.2 Å². The van der Waals surface area contributed by atoms with Crippen molar-refractivity contribution >= 4 is 0 Å². The van der Waals surface area contributed by atoms with Crippen LogP contribution in [0.3, 0.4) is 0 Å². The molecule has 0 bridgehead atoms. The fourth-order valence-electron chi connectivity index (χ4n) is 1.70. The van der Waals surface area contributed by atoms with E-state index in [1.807, 2.05) is 6.07 Å². The van der Waals surface area contributed by atoms with E-state index in [0.29, 0.717) is 12.5 Å². The maximum atomic E-state index is 5.96. The topological polar surface area (TPSA) is 37.4 Å². The SMILES string of the molecule is CCNCc1cc(OCC(C)(C)N(C)C)nc(C(C)C)c1. The summed E-state index contributed by atoms with van der Waals surface area (Å²) in [6, 6.07) is 4.21. The molecule has 0 amide bonds. The van der Waals surface area contributed by atoms with Crippen molar-refractivity contribution in [2.75, 3.05) is 27.2 Å². The van der Waals surface area contributed by atoms with Gasteiger partial charge in [-0.15, -0.1) is 0 Å². The van der Waals surface area contributed by atoms with Crippen LogP contribution in [0.5, 0.6) is 5.88 Å². The summed E-state index contributed by atoms with van der Waals surface area (Å²) in [5.41, 5.74) is 2.30. The van der Waals surface area contributed by atoms with Gasteiger partial charge in [-0.05, 0) is 52.0 Å². The third-order valence-electron chi connectivity index (χ3n) is 3.84. The van der Waals surface area contributed by atoms with E-state index in [1.54, 1.807) is 0 Å². The second-order valence-corrected chi connectivity index (χ2v) is 6.67. The largest absolute Gasteiger partial charge is 0.476 e. The van der Waals surface area contributed by atoms with Gasteiger partial charge >= 0.3 is 0 Å². The molecule has 1 rings (SSSR count). The zero-order valence-electron chi connectivity index (χ0n) is 14.7. The average molecular weight is 293 g/mol. The number of nitrogens with one attached hydrogen (secondary N) is 1. The van der Waals surface area contributed by atoms with E-state index in [9.17, 15) is 0 Å². The van der Waals surface area contributed by atoms with E-state index >= 15 is 0 Å². The molecule has 0 fully saturated rings. The lowest BCUT2D eigenvalue weighted by Gasteiger charge is -2.32. The number of aromatic nitrogens is 1. The van der Waals surface area contributed by atoms with Crippen LogP contribution in [0.1, 0.15) is 51.8 Å². The average Bonchev–Trinajstić information content (AvgIpc) is 2.42. The second-order valence-electron chi connectivity index (χ2n) is 6.67. The van der Waals surface area contributed by atoms with Crippen LogP contribution in [0.25, 0.3) is 0 Å². The monoisotopic (exact) mass is 293 g/mol. The minimum absolute atomic E-state index is 0.0165. The van der Waals surface area contributed by atoms with E-state index in [-0.39, 0.29) is 5.54 Å². The van der Waals surface area contributed by atoms with Gasteiger partial charge in [-0.3, -0.25) is 0 Å².